The highest BCUT2D eigenvalue weighted by Crippen LogP contribution is 2.30. The van der Waals surface area contributed by atoms with Crippen LogP contribution in [0.1, 0.15) is 6.92 Å². The molecule has 0 unspecified atom stereocenters. The van der Waals surface area contributed by atoms with Gasteiger partial charge >= 0.3 is 0 Å². The number of halogens is 2. The highest BCUT2D eigenvalue weighted by atomic mass is 19.3. The van der Waals surface area contributed by atoms with Gasteiger partial charge in [-0.25, -0.2) is 8.78 Å². The van der Waals surface area contributed by atoms with Gasteiger partial charge in [-0.05, 0) is 6.92 Å². The summed E-state index contributed by atoms with van der Waals surface area (Å²) in [6.45, 7) is 0.806. The van der Waals surface area contributed by atoms with Gasteiger partial charge < -0.3 is 15.5 Å². The molecule has 0 saturated carbocycles. The summed E-state index contributed by atoms with van der Waals surface area (Å²) in [6.07, 6.45) is -1.78. The first-order valence-corrected chi connectivity index (χ1v) is 3.43. The normalized spacial score (nSPS) is 42.8. The van der Waals surface area contributed by atoms with Crippen LogP contribution in [0.5, 0.6) is 0 Å². The summed E-state index contributed by atoms with van der Waals surface area (Å²) in [6, 6.07) is -1.98. The highest BCUT2D eigenvalue weighted by molar-refractivity contribution is 5.01. The smallest absolute Gasteiger partial charge is 0.289 e. The number of rotatable bonds is 1. The van der Waals surface area contributed by atoms with Crippen molar-refractivity contribution < 1.29 is 19.0 Å². The van der Waals surface area contributed by atoms with Gasteiger partial charge in [0, 0.05) is 0 Å². The lowest BCUT2D eigenvalue weighted by atomic mass is 10.1. The first-order valence-electron chi connectivity index (χ1n) is 3.43. The van der Waals surface area contributed by atoms with E-state index in [-0.39, 0.29) is 0 Å². The summed E-state index contributed by atoms with van der Waals surface area (Å²) in [5.74, 6) is -3.13. The first kappa shape index (κ1) is 8.83. The molecule has 1 aliphatic rings. The van der Waals surface area contributed by atoms with Crippen molar-refractivity contribution in [2.45, 2.75) is 31.0 Å². The molecule has 0 amide bonds. The van der Waals surface area contributed by atoms with Crippen molar-refractivity contribution in [2.24, 2.45) is 0 Å². The van der Waals surface area contributed by atoms with E-state index in [9.17, 15) is 8.78 Å². The molecule has 0 radical (unpaired) electrons. The zero-order valence-corrected chi connectivity index (χ0v) is 6.09. The molecule has 0 spiro atoms. The minimum Gasteiger partial charge on any atom is -0.395 e. The van der Waals surface area contributed by atoms with Crippen LogP contribution in [0, 0.1) is 0 Å². The Balaban J connectivity index is 2.71. The maximum Gasteiger partial charge on any atom is 0.289 e. The summed E-state index contributed by atoms with van der Waals surface area (Å²) >= 11 is 0. The molecule has 1 saturated heterocycles. The van der Waals surface area contributed by atoms with E-state index in [1.54, 1.807) is 0 Å². The Kier molecular flexibility index (Phi) is 2.13. The van der Waals surface area contributed by atoms with Crippen molar-refractivity contribution in [3.63, 3.8) is 0 Å². The number of alkyl halides is 2. The number of nitrogens with one attached hydrogen (secondary N) is 1. The van der Waals surface area contributed by atoms with Crippen LogP contribution in [-0.2, 0) is 0 Å². The third-order valence-electron chi connectivity index (χ3n) is 2.01. The Bertz CT molecular complexity index is 154. The number of aliphatic hydroxyl groups excluding tert-OH is 2. The summed E-state index contributed by atoms with van der Waals surface area (Å²) in [5, 5.41) is 19.8. The van der Waals surface area contributed by atoms with Gasteiger partial charge in [0.2, 0.25) is 0 Å². The van der Waals surface area contributed by atoms with Gasteiger partial charge in [0.1, 0.15) is 6.10 Å². The Morgan fingerprint density at radius 1 is 1.55 bits per heavy atom. The SMILES string of the molecule is C[C@@H]1N[C@H](CO)[C@@H](O)C1(F)F. The number of hydrogen-bond donors (Lipinski definition) is 3. The van der Waals surface area contributed by atoms with Crippen LogP contribution in [0.4, 0.5) is 8.78 Å². The van der Waals surface area contributed by atoms with Gasteiger partial charge in [0.15, 0.2) is 0 Å². The van der Waals surface area contributed by atoms with Crippen molar-refractivity contribution in [2.75, 3.05) is 6.61 Å². The van der Waals surface area contributed by atoms with Crippen molar-refractivity contribution in [1.82, 2.24) is 5.32 Å². The fourth-order valence-electron chi connectivity index (χ4n) is 1.20. The van der Waals surface area contributed by atoms with E-state index >= 15 is 0 Å². The van der Waals surface area contributed by atoms with Crippen molar-refractivity contribution in [3.05, 3.63) is 0 Å². The van der Waals surface area contributed by atoms with Gasteiger partial charge in [0.25, 0.3) is 5.92 Å². The van der Waals surface area contributed by atoms with E-state index in [2.05, 4.69) is 5.32 Å². The molecule has 1 rings (SSSR count). The highest BCUT2D eigenvalue weighted by Gasteiger charge is 2.54. The van der Waals surface area contributed by atoms with E-state index in [1.807, 2.05) is 0 Å². The molecule has 0 aromatic carbocycles. The molecular formula is C6H11F2NO2. The van der Waals surface area contributed by atoms with E-state index in [0.29, 0.717) is 0 Å². The van der Waals surface area contributed by atoms with Gasteiger partial charge in [-0.3, -0.25) is 0 Å². The second kappa shape index (κ2) is 2.66. The van der Waals surface area contributed by atoms with Gasteiger partial charge in [0.05, 0.1) is 18.7 Å². The van der Waals surface area contributed by atoms with Crippen molar-refractivity contribution in [1.29, 1.82) is 0 Å². The molecule has 0 aromatic rings. The van der Waals surface area contributed by atoms with Crippen LogP contribution in [0.15, 0.2) is 0 Å². The topological polar surface area (TPSA) is 52.5 Å². The third-order valence-corrected chi connectivity index (χ3v) is 2.01. The first-order chi connectivity index (χ1) is 5.00. The quantitative estimate of drug-likeness (QED) is 0.485. The molecule has 0 bridgehead atoms. The Morgan fingerprint density at radius 3 is 2.27 bits per heavy atom. The molecule has 1 heterocycles. The molecule has 11 heavy (non-hydrogen) atoms. The minimum atomic E-state index is -3.13. The molecule has 1 aliphatic heterocycles. The fourth-order valence-corrected chi connectivity index (χ4v) is 1.20. The van der Waals surface area contributed by atoms with Crippen LogP contribution in [-0.4, -0.2) is 40.9 Å². The molecule has 3 N–H and O–H groups in total. The monoisotopic (exact) mass is 167 g/mol. The summed E-state index contributed by atoms with van der Waals surface area (Å²) < 4.78 is 25.5. The molecule has 3 atom stereocenters. The Labute approximate surface area is 63.0 Å². The summed E-state index contributed by atoms with van der Waals surface area (Å²) in [4.78, 5) is 0. The second-order valence-corrected chi connectivity index (χ2v) is 2.80. The van der Waals surface area contributed by atoms with Gasteiger partial charge in [-0.1, -0.05) is 0 Å². The van der Waals surface area contributed by atoms with Crippen LogP contribution in [0.25, 0.3) is 0 Å². The zero-order chi connectivity index (χ0) is 8.65. The predicted molar refractivity (Wildman–Crippen MR) is 34.4 cm³/mol. The van der Waals surface area contributed by atoms with Crippen LogP contribution < -0.4 is 5.32 Å². The van der Waals surface area contributed by atoms with E-state index < -0.39 is 30.7 Å². The van der Waals surface area contributed by atoms with Crippen molar-refractivity contribution in [3.8, 4) is 0 Å². The molecule has 0 aromatic heterocycles. The van der Waals surface area contributed by atoms with Gasteiger partial charge in [-0.15, -0.1) is 0 Å². The minimum absolute atomic E-state index is 0.471. The van der Waals surface area contributed by atoms with Crippen LogP contribution >= 0.6 is 0 Å². The maximum absolute atomic E-state index is 12.7. The van der Waals surface area contributed by atoms with E-state index in [1.165, 1.54) is 6.92 Å². The summed E-state index contributed by atoms with van der Waals surface area (Å²) in [5.41, 5.74) is 0. The molecule has 3 nitrogen and oxygen atoms in total. The molecule has 5 heteroatoms. The maximum atomic E-state index is 12.7. The predicted octanol–water partition coefficient (Wildman–Crippen LogP) is -0.665. The molecule has 1 fully saturated rings. The third kappa shape index (κ3) is 1.23. The van der Waals surface area contributed by atoms with Gasteiger partial charge in [-0.2, -0.15) is 0 Å². The number of aliphatic hydroxyl groups is 2. The van der Waals surface area contributed by atoms with Crippen LogP contribution in [0.3, 0.4) is 0 Å². The zero-order valence-electron chi connectivity index (χ0n) is 6.09. The lowest BCUT2D eigenvalue weighted by molar-refractivity contribution is -0.0996. The molecule has 66 valence electrons. The average Bonchev–Trinajstić information content (AvgIpc) is 2.14. The Morgan fingerprint density at radius 2 is 2.09 bits per heavy atom. The van der Waals surface area contributed by atoms with Crippen molar-refractivity contribution >= 4 is 0 Å². The lowest BCUT2D eigenvalue weighted by Crippen LogP contribution is -2.39. The average molecular weight is 167 g/mol. The molecular weight excluding hydrogens is 156 g/mol. The number of hydrogen-bond acceptors (Lipinski definition) is 3. The standard InChI is InChI=1S/C6H11F2NO2/c1-3-6(7,8)5(11)4(2-10)9-3/h3-5,9-11H,2H2,1H3/t3-,4+,5+/m0/s1. The van der Waals surface area contributed by atoms with E-state index in [4.69, 9.17) is 10.2 Å². The second-order valence-electron chi connectivity index (χ2n) is 2.80. The summed E-state index contributed by atoms with van der Waals surface area (Å²) in [7, 11) is 0. The van der Waals surface area contributed by atoms with E-state index in [0.717, 1.165) is 0 Å². The molecule has 0 aliphatic carbocycles. The Hall–Kier alpha value is -0.260. The fraction of sp³-hybridized carbons (Fsp3) is 1.00. The largest absolute Gasteiger partial charge is 0.395 e. The lowest BCUT2D eigenvalue weighted by Gasteiger charge is -2.17. The van der Waals surface area contributed by atoms with Crippen LogP contribution in [0.2, 0.25) is 0 Å².